The number of nitrogens with zero attached hydrogens (tertiary/aromatic N) is 1. The van der Waals surface area contributed by atoms with Crippen molar-refractivity contribution in [2.75, 3.05) is 6.54 Å². The standard InChI is InChI=1S/C14H14N2O2/c17-12-7-10-3-6-16-14(11(10)8-13(12)18)9-1-4-15-5-2-9/h1-2,4-5,7-8,14,16-18H,3,6H2. The highest BCUT2D eigenvalue weighted by molar-refractivity contribution is 5.50. The molecule has 92 valence electrons. The molecule has 1 aromatic carbocycles. The molecule has 0 fully saturated rings. The van der Waals surface area contributed by atoms with Crippen LogP contribution in [0.15, 0.2) is 36.7 Å². The van der Waals surface area contributed by atoms with Crippen molar-refractivity contribution in [3.63, 3.8) is 0 Å². The van der Waals surface area contributed by atoms with E-state index in [1.807, 2.05) is 12.1 Å². The van der Waals surface area contributed by atoms with Crippen molar-refractivity contribution < 1.29 is 10.2 Å². The minimum absolute atomic E-state index is 0.0447. The molecule has 2 heterocycles. The van der Waals surface area contributed by atoms with Gasteiger partial charge in [-0.15, -0.1) is 0 Å². The second-order valence-corrected chi connectivity index (χ2v) is 4.46. The summed E-state index contributed by atoms with van der Waals surface area (Å²) in [5, 5.41) is 22.6. The summed E-state index contributed by atoms with van der Waals surface area (Å²) in [6.45, 7) is 0.851. The van der Waals surface area contributed by atoms with Crippen molar-refractivity contribution in [1.29, 1.82) is 0 Å². The normalized spacial score (nSPS) is 18.3. The lowest BCUT2D eigenvalue weighted by molar-refractivity contribution is 0.400. The zero-order chi connectivity index (χ0) is 12.5. The van der Waals surface area contributed by atoms with E-state index < -0.39 is 0 Å². The number of nitrogens with one attached hydrogen (secondary N) is 1. The maximum absolute atomic E-state index is 9.65. The van der Waals surface area contributed by atoms with Gasteiger partial charge in [0, 0.05) is 18.9 Å². The van der Waals surface area contributed by atoms with E-state index in [-0.39, 0.29) is 17.5 Å². The number of rotatable bonds is 1. The number of phenols is 2. The van der Waals surface area contributed by atoms with Gasteiger partial charge in [-0.1, -0.05) is 0 Å². The van der Waals surface area contributed by atoms with Crippen LogP contribution in [-0.2, 0) is 6.42 Å². The largest absolute Gasteiger partial charge is 0.504 e. The van der Waals surface area contributed by atoms with Crippen LogP contribution in [0.5, 0.6) is 11.5 Å². The summed E-state index contributed by atoms with van der Waals surface area (Å²) in [5.74, 6) is -0.124. The van der Waals surface area contributed by atoms with Crippen LogP contribution in [0.25, 0.3) is 0 Å². The number of aromatic nitrogens is 1. The molecule has 1 aliphatic rings. The first-order valence-electron chi connectivity index (χ1n) is 5.94. The Balaban J connectivity index is 2.09. The molecule has 2 aromatic rings. The van der Waals surface area contributed by atoms with Crippen LogP contribution in [0.3, 0.4) is 0 Å². The maximum Gasteiger partial charge on any atom is 0.157 e. The SMILES string of the molecule is Oc1cc2c(cc1O)C(c1ccncc1)NCC2. The van der Waals surface area contributed by atoms with Crippen LogP contribution in [-0.4, -0.2) is 21.7 Å². The number of hydrogen-bond donors (Lipinski definition) is 3. The zero-order valence-corrected chi connectivity index (χ0v) is 9.80. The molecule has 1 aliphatic heterocycles. The van der Waals surface area contributed by atoms with Gasteiger partial charge in [-0.3, -0.25) is 4.98 Å². The average Bonchev–Trinajstić information content (AvgIpc) is 2.40. The van der Waals surface area contributed by atoms with Gasteiger partial charge in [-0.05, 0) is 47.4 Å². The highest BCUT2D eigenvalue weighted by Gasteiger charge is 2.22. The maximum atomic E-state index is 9.65. The highest BCUT2D eigenvalue weighted by Crippen LogP contribution is 2.35. The van der Waals surface area contributed by atoms with Gasteiger partial charge in [0.1, 0.15) is 0 Å². The van der Waals surface area contributed by atoms with Gasteiger partial charge in [0.2, 0.25) is 0 Å². The highest BCUT2D eigenvalue weighted by atomic mass is 16.3. The number of fused-ring (bicyclic) bond motifs is 1. The van der Waals surface area contributed by atoms with E-state index in [9.17, 15) is 10.2 Å². The van der Waals surface area contributed by atoms with Crippen LogP contribution in [0.2, 0.25) is 0 Å². The van der Waals surface area contributed by atoms with Gasteiger partial charge in [0.15, 0.2) is 11.5 Å². The zero-order valence-electron chi connectivity index (χ0n) is 9.80. The molecule has 1 aromatic heterocycles. The monoisotopic (exact) mass is 242 g/mol. The molecule has 3 N–H and O–H groups in total. The predicted molar refractivity (Wildman–Crippen MR) is 67.6 cm³/mol. The molecule has 0 spiro atoms. The quantitative estimate of drug-likeness (QED) is 0.666. The van der Waals surface area contributed by atoms with Gasteiger partial charge in [0.25, 0.3) is 0 Å². The Labute approximate surface area is 105 Å². The summed E-state index contributed by atoms with van der Waals surface area (Å²) < 4.78 is 0. The van der Waals surface area contributed by atoms with Crippen molar-refractivity contribution in [3.05, 3.63) is 53.3 Å². The summed E-state index contributed by atoms with van der Waals surface area (Å²) in [5.41, 5.74) is 3.20. The van der Waals surface area contributed by atoms with E-state index in [0.717, 1.165) is 29.7 Å². The fourth-order valence-corrected chi connectivity index (χ4v) is 2.44. The number of hydrogen-bond acceptors (Lipinski definition) is 4. The molecular formula is C14H14N2O2. The van der Waals surface area contributed by atoms with Gasteiger partial charge in [0.05, 0.1) is 6.04 Å². The first-order chi connectivity index (χ1) is 8.75. The van der Waals surface area contributed by atoms with E-state index in [0.29, 0.717) is 0 Å². The lowest BCUT2D eigenvalue weighted by atomic mass is 9.90. The number of pyridine rings is 1. The van der Waals surface area contributed by atoms with Gasteiger partial charge in [-0.2, -0.15) is 0 Å². The van der Waals surface area contributed by atoms with Crippen molar-refractivity contribution in [2.24, 2.45) is 0 Å². The molecule has 0 bridgehead atoms. The molecule has 1 unspecified atom stereocenters. The second-order valence-electron chi connectivity index (χ2n) is 4.46. The Bertz CT molecular complexity index is 570. The van der Waals surface area contributed by atoms with Gasteiger partial charge < -0.3 is 15.5 Å². The van der Waals surface area contributed by atoms with Crippen LogP contribution in [0.1, 0.15) is 22.7 Å². The van der Waals surface area contributed by atoms with Crippen molar-refractivity contribution in [3.8, 4) is 11.5 Å². The smallest absolute Gasteiger partial charge is 0.157 e. The van der Waals surface area contributed by atoms with Crippen molar-refractivity contribution >= 4 is 0 Å². The Morgan fingerprint density at radius 2 is 1.83 bits per heavy atom. The molecule has 3 rings (SSSR count). The number of aromatic hydroxyl groups is 2. The molecular weight excluding hydrogens is 228 g/mol. The Morgan fingerprint density at radius 1 is 1.11 bits per heavy atom. The summed E-state index contributed by atoms with van der Waals surface area (Å²) in [4.78, 5) is 4.01. The summed E-state index contributed by atoms with van der Waals surface area (Å²) in [6, 6.07) is 7.25. The van der Waals surface area contributed by atoms with Crippen LogP contribution >= 0.6 is 0 Å². The summed E-state index contributed by atoms with van der Waals surface area (Å²) in [7, 11) is 0. The minimum Gasteiger partial charge on any atom is -0.504 e. The molecule has 0 aliphatic carbocycles. The molecule has 0 saturated heterocycles. The first-order valence-corrected chi connectivity index (χ1v) is 5.94. The Kier molecular flexibility index (Phi) is 2.64. The molecule has 4 heteroatoms. The fraction of sp³-hybridized carbons (Fsp3) is 0.214. The molecule has 1 atom stereocenters. The Hall–Kier alpha value is -2.07. The van der Waals surface area contributed by atoms with Crippen LogP contribution < -0.4 is 5.32 Å². The third-order valence-corrected chi connectivity index (χ3v) is 3.33. The molecule has 0 saturated carbocycles. The molecule has 0 radical (unpaired) electrons. The average molecular weight is 242 g/mol. The van der Waals surface area contributed by atoms with Gasteiger partial charge in [-0.25, -0.2) is 0 Å². The fourth-order valence-electron chi connectivity index (χ4n) is 2.44. The lowest BCUT2D eigenvalue weighted by Gasteiger charge is -2.27. The Morgan fingerprint density at radius 3 is 2.61 bits per heavy atom. The van der Waals surface area contributed by atoms with Crippen LogP contribution in [0.4, 0.5) is 0 Å². The van der Waals surface area contributed by atoms with E-state index in [1.54, 1.807) is 24.5 Å². The van der Waals surface area contributed by atoms with Gasteiger partial charge >= 0.3 is 0 Å². The van der Waals surface area contributed by atoms with E-state index >= 15 is 0 Å². The third-order valence-electron chi connectivity index (χ3n) is 3.33. The summed E-state index contributed by atoms with van der Waals surface area (Å²) >= 11 is 0. The van der Waals surface area contributed by atoms with Crippen LogP contribution in [0, 0.1) is 0 Å². The van der Waals surface area contributed by atoms with E-state index in [2.05, 4.69) is 10.3 Å². The topological polar surface area (TPSA) is 65.4 Å². The number of phenolic OH excluding ortho intramolecular Hbond substituents is 2. The second kappa shape index (κ2) is 4.31. The van der Waals surface area contributed by atoms with E-state index in [1.165, 1.54) is 0 Å². The molecule has 18 heavy (non-hydrogen) atoms. The van der Waals surface area contributed by atoms with E-state index in [4.69, 9.17) is 0 Å². The van der Waals surface area contributed by atoms with Crippen molar-refractivity contribution in [2.45, 2.75) is 12.5 Å². The van der Waals surface area contributed by atoms with Crippen molar-refractivity contribution in [1.82, 2.24) is 10.3 Å². The third kappa shape index (κ3) is 1.80. The minimum atomic E-state index is -0.0727. The molecule has 4 nitrogen and oxygen atoms in total. The lowest BCUT2D eigenvalue weighted by Crippen LogP contribution is -2.30. The number of benzene rings is 1. The first kappa shape index (κ1) is 11.0. The summed E-state index contributed by atoms with van der Waals surface area (Å²) in [6.07, 6.45) is 4.36. The predicted octanol–water partition coefficient (Wildman–Crippen LogP) is 1.73. The molecule has 0 amide bonds.